The van der Waals surface area contributed by atoms with Crippen molar-refractivity contribution in [1.29, 1.82) is 0 Å². The lowest BCUT2D eigenvalue weighted by molar-refractivity contribution is -0.384. The molecule has 0 atom stereocenters. The van der Waals surface area contributed by atoms with Crippen LogP contribution in [0.25, 0.3) is 0 Å². The van der Waals surface area contributed by atoms with Gasteiger partial charge in [0.1, 0.15) is 11.4 Å². The van der Waals surface area contributed by atoms with Gasteiger partial charge in [-0.15, -0.1) is 0 Å². The third kappa shape index (κ3) is 4.08. The number of rotatable bonds is 6. The molecule has 1 N–H and O–H groups in total. The summed E-state index contributed by atoms with van der Waals surface area (Å²) in [4.78, 5) is 10.9. The Hall–Kier alpha value is -2.69. The van der Waals surface area contributed by atoms with Gasteiger partial charge in [-0.2, -0.15) is 4.31 Å². The average Bonchev–Trinajstić information content (AvgIpc) is 2.69. The number of ether oxygens (including phenoxy) is 2. The predicted molar refractivity (Wildman–Crippen MR) is 104 cm³/mol. The van der Waals surface area contributed by atoms with Crippen LogP contribution in [-0.2, 0) is 14.8 Å². The summed E-state index contributed by atoms with van der Waals surface area (Å²) in [6.07, 6.45) is 0. The Balaban J connectivity index is 1.98. The molecule has 1 saturated heterocycles. The van der Waals surface area contributed by atoms with Crippen LogP contribution >= 0.6 is 0 Å². The maximum Gasteiger partial charge on any atom is 0.294 e. The van der Waals surface area contributed by atoms with Crippen LogP contribution in [0.5, 0.6) is 5.75 Å². The quantitative estimate of drug-likeness (QED) is 0.579. The molecule has 1 fully saturated rings. The van der Waals surface area contributed by atoms with Gasteiger partial charge in [-0.05, 0) is 36.8 Å². The lowest BCUT2D eigenvalue weighted by atomic mass is 10.2. The normalized spacial score (nSPS) is 15.2. The Morgan fingerprint density at radius 3 is 2.50 bits per heavy atom. The number of morpholine rings is 1. The number of nitrogens with zero attached hydrogens (tertiary/aromatic N) is 2. The van der Waals surface area contributed by atoms with E-state index in [1.165, 1.54) is 23.5 Å². The number of nitro groups is 1. The van der Waals surface area contributed by atoms with Crippen LogP contribution < -0.4 is 10.1 Å². The number of benzene rings is 2. The van der Waals surface area contributed by atoms with Gasteiger partial charge in [-0.1, -0.05) is 6.07 Å². The van der Waals surface area contributed by atoms with Crippen molar-refractivity contribution in [3.05, 3.63) is 52.1 Å². The molecule has 0 unspecified atom stereocenters. The molecular weight excluding hydrogens is 386 g/mol. The second kappa shape index (κ2) is 8.13. The second-order valence-electron chi connectivity index (χ2n) is 6.28. The molecule has 1 aliphatic rings. The molecule has 150 valence electrons. The Kier molecular flexibility index (Phi) is 5.82. The maximum atomic E-state index is 12.8. The number of anilines is 2. The molecule has 0 radical (unpaired) electrons. The van der Waals surface area contributed by atoms with E-state index in [4.69, 9.17) is 9.47 Å². The number of hydrogen-bond acceptors (Lipinski definition) is 7. The number of aryl methyl sites for hydroxylation is 1. The van der Waals surface area contributed by atoms with Crippen LogP contribution in [-0.4, -0.2) is 51.1 Å². The molecular formula is C18H21N3O6S. The third-order valence-corrected chi connectivity index (χ3v) is 6.29. The minimum atomic E-state index is -3.83. The van der Waals surface area contributed by atoms with E-state index in [-0.39, 0.29) is 29.4 Å². The average molecular weight is 407 g/mol. The first-order chi connectivity index (χ1) is 13.3. The van der Waals surface area contributed by atoms with Crippen molar-refractivity contribution < 1.29 is 22.8 Å². The van der Waals surface area contributed by atoms with E-state index >= 15 is 0 Å². The van der Waals surface area contributed by atoms with E-state index in [2.05, 4.69) is 5.32 Å². The molecule has 0 aromatic heterocycles. The van der Waals surface area contributed by atoms with E-state index < -0.39 is 14.9 Å². The monoisotopic (exact) mass is 407 g/mol. The Labute approximate surface area is 163 Å². The van der Waals surface area contributed by atoms with Crippen LogP contribution in [0.2, 0.25) is 0 Å². The van der Waals surface area contributed by atoms with Crippen molar-refractivity contribution in [2.75, 3.05) is 38.7 Å². The number of nitrogens with one attached hydrogen (secondary N) is 1. The first-order valence-electron chi connectivity index (χ1n) is 8.61. The standard InChI is InChI=1S/C18H21N3O6S/c1-13-3-6-18(26-2)16(11-13)19-15-5-4-14(12-17(15)21(22)23)28(24,25)20-7-9-27-10-8-20/h3-6,11-12,19H,7-10H2,1-2H3. The van der Waals surface area contributed by atoms with Gasteiger partial charge >= 0.3 is 0 Å². The zero-order valence-corrected chi connectivity index (χ0v) is 16.4. The van der Waals surface area contributed by atoms with E-state index in [1.807, 2.05) is 13.0 Å². The van der Waals surface area contributed by atoms with E-state index in [9.17, 15) is 18.5 Å². The first kappa shape index (κ1) is 20.1. The summed E-state index contributed by atoms with van der Waals surface area (Å²) in [5.41, 5.74) is 1.33. The summed E-state index contributed by atoms with van der Waals surface area (Å²) in [7, 11) is -2.33. The summed E-state index contributed by atoms with van der Waals surface area (Å²) < 4.78 is 37.3. The van der Waals surface area contributed by atoms with Gasteiger partial charge in [0, 0.05) is 19.2 Å². The summed E-state index contributed by atoms with van der Waals surface area (Å²) in [5, 5.41) is 14.6. The van der Waals surface area contributed by atoms with Crippen molar-refractivity contribution in [3.63, 3.8) is 0 Å². The van der Waals surface area contributed by atoms with Gasteiger partial charge in [0.2, 0.25) is 10.0 Å². The minimum absolute atomic E-state index is 0.122. The lowest BCUT2D eigenvalue weighted by Crippen LogP contribution is -2.40. The van der Waals surface area contributed by atoms with Crippen LogP contribution in [0.1, 0.15) is 5.56 Å². The SMILES string of the molecule is COc1ccc(C)cc1Nc1ccc(S(=O)(=O)N2CCOCC2)cc1[N+](=O)[O-]. The predicted octanol–water partition coefficient (Wildman–Crippen LogP) is 2.68. The Bertz CT molecular complexity index is 987. The Morgan fingerprint density at radius 2 is 1.86 bits per heavy atom. The molecule has 0 spiro atoms. The molecule has 10 heteroatoms. The van der Waals surface area contributed by atoms with Crippen LogP contribution in [0.4, 0.5) is 17.1 Å². The fraction of sp³-hybridized carbons (Fsp3) is 0.333. The number of methoxy groups -OCH3 is 1. The molecule has 0 bridgehead atoms. The fourth-order valence-electron chi connectivity index (χ4n) is 2.93. The molecule has 0 saturated carbocycles. The molecule has 1 heterocycles. The van der Waals surface area contributed by atoms with Crippen molar-refractivity contribution >= 4 is 27.1 Å². The summed E-state index contributed by atoms with van der Waals surface area (Å²) >= 11 is 0. The van der Waals surface area contributed by atoms with Gasteiger partial charge in [-0.3, -0.25) is 10.1 Å². The van der Waals surface area contributed by atoms with Crippen molar-refractivity contribution in [2.24, 2.45) is 0 Å². The summed E-state index contributed by atoms with van der Waals surface area (Å²) in [5.74, 6) is 0.518. The number of sulfonamides is 1. The van der Waals surface area contributed by atoms with E-state index in [0.29, 0.717) is 24.7 Å². The highest BCUT2D eigenvalue weighted by atomic mass is 32.2. The second-order valence-corrected chi connectivity index (χ2v) is 8.22. The van der Waals surface area contributed by atoms with Crippen LogP contribution in [0.3, 0.4) is 0 Å². The van der Waals surface area contributed by atoms with Gasteiger partial charge in [0.15, 0.2) is 0 Å². The largest absolute Gasteiger partial charge is 0.495 e. The van der Waals surface area contributed by atoms with Gasteiger partial charge in [-0.25, -0.2) is 8.42 Å². The molecule has 1 aliphatic heterocycles. The fourth-order valence-corrected chi connectivity index (χ4v) is 4.36. The van der Waals surface area contributed by atoms with E-state index in [1.54, 1.807) is 12.1 Å². The van der Waals surface area contributed by atoms with E-state index in [0.717, 1.165) is 11.6 Å². The molecule has 3 rings (SSSR count). The van der Waals surface area contributed by atoms with Gasteiger partial charge in [0.05, 0.1) is 35.8 Å². The van der Waals surface area contributed by atoms with Crippen molar-refractivity contribution in [1.82, 2.24) is 4.31 Å². The zero-order chi connectivity index (χ0) is 20.3. The minimum Gasteiger partial charge on any atom is -0.495 e. The zero-order valence-electron chi connectivity index (χ0n) is 15.5. The number of nitro benzene ring substituents is 1. The topological polar surface area (TPSA) is 111 Å². The third-order valence-electron chi connectivity index (χ3n) is 4.40. The molecule has 28 heavy (non-hydrogen) atoms. The Morgan fingerprint density at radius 1 is 1.14 bits per heavy atom. The summed E-state index contributed by atoms with van der Waals surface area (Å²) in [6.45, 7) is 2.92. The molecule has 2 aromatic carbocycles. The van der Waals surface area contributed by atoms with Gasteiger partial charge in [0.25, 0.3) is 5.69 Å². The molecule has 0 aliphatic carbocycles. The van der Waals surface area contributed by atoms with Crippen molar-refractivity contribution in [2.45, 2.75) is 11.8 Å². The highest BCUT2D eigenvalue weighted by Gasteiger charge is 2.29. The van der Waals surface area contributed by atoms with Crippen LogP contribution in [0, 0.1) is 17.0 Å². The highest BCUT2D eigenvalue weighted by molar-refractivity contribution is 7.89. The van der Waals surface area contributed by atoms with Crippen molar-refractivity contribution in [3.8, 4) is 5.75 Å². The lowest BCUT2D eigenvalue weighted by Gasteiger charge is -2.26. The maximum absolute atomic E-state index is 12.8. The number of hydrogen-bond donors (Lipinski definition) is 1. The first-order valence-corrected chi connectivity index (χ1v) is 10.0. The smallest absolute Gasteiger partial charge is 0.294 e. The van der Waals surface area contributed by atoms with Gasteiger partial charge < -0.3 is 14.8 Å². The molecule has 9 nitrogen and oxygen atoms in total. The van der Waals surface area contributed by atoms with Crippen LogP contribution in [0.15, 0.2) is 41.3 Å². The molecule has 2 aromatic rings. The highest BCUT2D eigenvalue weighted by Crippen LogP contribution is 2.35. The summed E-state index contributed by atoms with van der Waals surface area (Å²) in [6, 6.07) is 9.24. The molecule has 0 amide bonds.